The monoisotopic (exact) mass is 288 g/mol. The highest BCUT2D eigenvalue weighted by Crippen LogP contribution is 2.38. The average Bonchev–Trinajstić information content (AvgIpc) is 2.71. The lowest BCUT2D eigenvalue weighted by molar-refractivity contribution is -0.117. The van der Waals surface area contributed by atoms with Gasteiger partial charge in [0.2, 0.25) is 5.91 Å². The lowest BCUT2D eigenvalue weighted by Crippen LogP contribution is -2.26. The Kier molecular flexibility index (Phi) is 4.00. The molecule has 0 saturated carbocycles. The maximum atomic E-state index is 11.9. The third-order valence-electron chi connectivity index (χ3n) is 3.05. The van der Waals surface area contributed by atoms with Crippen LogP contribution in [0.25, 0.3) is 0 Å². The van der Waals surface area contributed by atoms with Crippen LogP contribution in [0.4, 0.5) is 5.69 Å². The largest absolute Gasteiger partial charge is 0.495 e. The molecule has 18 heavy (non-hydrogen) atoms. The molecule has 0 bridgehead atoms. The Morgan fingerprint density at radius 3 is 2.72 bits per heavy atom. The normalized spacial score (nSPS) is 19.4. The van der Waals surface area contributed by atoms with E-state index < -0.39 is 0 Å². The van der Waals surface area contributed by atoms with Gasteiger partial charge in [0, 0.05) is 19.0 Å². The van der Waals surface area contributed by atoms with E-state index in [0.29, 0.717) is 41.0 Å². The lowest BCUT2D eigenvalue weighted by atomic mass is 10.1. The quantitative estimate of drug-likeness (QED) is 0.929. The van der Waals surface area contributed by atoms with Crippen LogP contribution in [0.5, 0.6) is 5.75 Å². The number of methoxy groups -OCH3 is 1. The SMILES string of the molecule is COc1cc(N2CC(CN)CC2=O)c(Cl)cc1Cl. The first-order valence-electron chi connectivity index (χ1n) is 5.60. The summed E-state index contributed by atoms with van der Waals surface area (Å²) in [7, 11) is 1.52. The van der Waals surface area contributed by atoms with E-state index >= 15 is 0 Å². The van der Waals surface area contributed by atoms with Gasteiger partial charge in [-0.05, 0) is 18.5 Å². The fourth-order valence-electron chi connectivity index (χ4n) is 2.05. The molecule has 1 saturated heterocycles. The third-order valence-corrected chi connectivity index (χ3v) is 3.65. The molecule has 1 amide bonds. The molecule has 0 spiro atoms. The third kappa shape index (κ3) is 2.41. The van der Waals surface area contributed by atoms with Crippen molar-refractivity contribution in [3.05, 3.63) is 22.2 Å². The zero-order valence-electron chi connectivity index (χ0n) is 9.95. The molecule has 1 fully saturated rings. The van der Waals surface area contributed by atoms with Crippen molar-refractivity contribution in [3.8, 4) is 5.75 Å². The topological polar surface area (TPSA) is 55.6 Å². The highest BCUT2D eigenvalue weighted by atomic mass is 35.5. The van der Waals surface area contributed by atoms with E-state index in [1.165, 1.54) is 7.11 Å². The molecule has 0 aromatic heterocycles. The first kappa shape index (κ1) is 13.5. The summed E-state index contributed by atoms with van der Waals surface area (Å²) in [4.78, 5) is 13.6. The summed E-state index contributed by atoms with van der Waals surface area (Å²) >= 11 is 12.1. The van der Waals surface area contributed by atoms with Gasteiger partial charge in [0.15, 0.2) is 0 Å². The Hall–Kier alpha value is -0.970. The summed E-state index contributed by atoms with van der Waals surface area (Å²) in [6, 6.07) is 3.27. The second-order valence-corrected chi connectivity index (χ2v) is 5.06. The van der Waals surface area contributed by atoms with Crippen LogP contribution in [-0.4, -0.2) is 26.1 Å². The van der Waals surface area contributed by atoms with Crippen LogP contribution in [0.1, 0.15) is 6.42 Å². The van der Waals surface area contributed by atoms with Gasteiger partial charge < -0.3 is 15.4 Å². The molecule has 4 nitrogen and oxygen atoms in total. The van der Waals surface area contributed by atoms with E-state index in [0.717, 1.165) is 0 Å². The van der Waals surface area contributed by atoms with E-state index in [9.17, 15) is 4.79 Å². The van der Waals surface area contributed by atoms with Crippen molar-refractivity contribution in [1.29, 1.82) is 0 Å². The number of nitrogens with two attached hydrogens (primary N) is 1. The Bertz CT molecular complexity index is 479. The molecule has 0 radical (unpaired) electrons. The standard InChI is InChI=1S/C12H14Cl2N2O2/c1-18-11-4-10(8(13)3-9(11)14)16-6-7(5-15)2-12(16)17/h3-4,7H,2,5-6,15H2,1H3. The number of benzene rings is 1. The first-order chi connectivity index (χ1) is 8.56. The van der Waals surface area contributed by atoms with Crippen molar-refractivity contribution in [3.63, 3.8) is 0 Å². The van der Waals surface area contributed by atoms with E-state index in [2.05, 4.69) is 0 Å². The highest BCUT2D eigenvalue weighted by molar-refractivity contribution is 6.37. The number of amides is 1. The maximum Gasteiger partial charge on any atom is 0.227 e. The van der Waals surface area contributed by atoms with Crippen LogP contribution < -0.4 is 15.4 Å². The second kappa shape index (κ2) is 5.34. The summed E-state index contributed by atoms with van der Waals surface area (Å²) in [6.07, 6.45) is 0.456. The van der Waals surface area contributed by atoms with E-state index in [1.807, 2.05) is 0 Å². The van der Waals surface area contributed by atoms with Crippen molar-refractivity contribution in [2.75, 3.05) is 25.1 Å². The smallest absolute Gasteiger partial charge is 0.227 e. The number of nitrogens with zero attached hydrogens (tertiary/aromatic N) is 1. The van der Waals surface area contributed by atoms with Gasteiger partial charge >= 0.3 is 0 Å². The predicted octanol–water partition coefficient (Wildman–Crippen LogP) is 2.31. The summed E-state index contributed by atoms with van der Waals surface area (Å²) in [5.74, 6) is 0.701. The van der Waals surface area contributed by atoms with Crippen molar-refractivity contribution in [2.45, 2.75) is 6.42 Å². The predicted molar refractivity (Wildman–Crippen MR) is 72.5 cm³/mol. The number of carbonyl (C=O) groups excluding carboxylic acids is 1. The van der Waals surface area contributed by atoms with Crippen molar-refractivity contribution < 1.29 is 9.53 Å². The van der Waals surface area contributed by atoms with Crippen LogP contribution in [-0.2, 0) is 4.79 Å². The fraction of sp³-hybridized carbons (Fsp3) is 0.417. The minimum atomic E-state index is 0.0247. The molecule has 1 aromatic rings. The average molecular weight is 289 g/mol. The number of halogens is 2. The molecule has 1 unspecified atom stereocenters. The molecule has 1 aliphatic rings. The molecule has 6 heteroatoms. The summed E-state index contributed by atoms with van der Waals surface area (Å²) in [6.45, 7) is 1.07. The minimum Gasteiger partial charge on any atom is -0.495 e. The van der Waals surface area contributed by atoms with Crippen molar-refractivity contribution in [1.82, 2.24) is 0 Å². The molecule has 1 atom stereocenters. The number of ether oxygens (including phenoxy) is 1. The van der Waals surface area contributed by atoms with Gasteiger partial charge in [0.05, 0.1) is 22.8 Å². The van der Waals surface area contributed by atoms with Gasteiger partial charge in [0.25, 0.3) is 0 Å². The van der Waals surface area contributed by atoms with Gasteiger partial charge in [-0.1, -0.05) is 23.2 Å². The molecule has 1 heterocycles. The van der Waals surface area contributed by atoms with Gasteiger partial charge in [-0.2, -0.15) is 0 Å². The molecular formula is C12H14Cl2N2O2. The Labute approximate surface area is 116 Å². The van der Waals surface area contributed by atoms with Crippen LogP contribution >= 0.6 is 23.2 Å². The molecule has 2 N–H and O–H groups in total. The van der Waals surface area contributed by atoms with E-state index in [4.69, 9.17) is 33.7 Å². The molecule has 1 aliphatic heterocycles. The Morgan fingerprint density at radius 1 is 1.44 bits per heavy atom. The van der Waals surface area contributed by atoms with E-state index in [-0.39, 0.29) is 11.8 Å². The lowest BCUT2D eigenvalue weighted by Gasteiger charge is -2.19. The molecule has 98 valence electrons. The number of anilines is 1. The summed E-state index contributed by atoms with van der Waals surface area (Å²) in [5.41, 5.74) is 6.22. The zero-order valence-corrected chi connectivity index (χ0v) is 11.5. The number of carbonyl (C=O) groups is 1. The van der Waals surface area contributed by atoms with Crippen LogP contribution in [0.2, 0.25) is 10.0 Å². The number of rotatable bonds is 3. The van der Waals surface area contributed by atoms with Crippen molar-refractivity contribution >= 4 is 34.8 Å². The number of hydrogen-bond donors (Lipinski definition) is 1. The minimum absolute atomic E-state index is 0.0247. The van der Waals surface area contributed by atoms with E-state index in [1.54, 1.807) is 17.0 Å². The second-order valence-electron chi connectivity index (χ2n) is 4.25. The molecule has 2 rings (SSSR count). The molecular weight excluding hydrogens is 275 g/mol. The van der Waals surface area contributed by atoms with Crippen molar-refractivity contribution in [2.24, 2.45) is 11.7 Å². The van der Waals surface area contributed by atoms with Crippen LogP contribution in [0, 0.1) is 5.92 Å². The highest BCUT2D eigenvalue weighted by Gasteiger charge is 2.31. The molecule has 0 aliphatic carbocycles. The van der Waals surface area contributed by atoms with Gasteiger partial charge in [-0.25, -0.2) is 0 Å². The number of hydrogen-bond acceptors (Lipinski definition) is 3. The summed E-state index contributed by atoms with van der Waals surface area (Å²) in [5, 5.41) is 0.861. The molecule has 1 aromatic carbocycles. The fourth-order valence-corrected chi connectivity index (χ4v) is 2.62. The Morgan fingerprint density at radius 2 is 2.17 bits per heavy atom. The zero-order chi connectivity index (χ0) is 13.3. The Balaban J connectivity index is 2.36. The van der Waals surface area contributed by atoms with Crippen LogP contribution in [0.15, 0.2) is 12.1 Å². The first-order valence-corrected chi connectivity index (χ1v) is 6.36. The van der Waals surface area contributed by atoms with Gasteiger partial charge in [0.1, 0.15) is 5.75 Å². The van der Waals surface area contributed by atoms with Gasteiger partial charge in [-0.15, -0.1) is 0 Å². The van der Waals surface area contributed by atoms with Crippen LogP contribution in [0.3, 0.4) is 0 Å². The van der Waals surface area contributed by atoms with Gasteiger partial charge in [-0.3, -0.25) is 4.79 Å². The maximum absolute atomic E-state index is 11.9. The summed E-state index contributed by atoms with van der Waals surface area (Å²) < 4.78 is 5.14.